The van der Waals surface area contributed by atoms with Crippen LogP contribution in [-0.4, -0.2) is 11.9 Å². The van der Waals surface area contributed by atoms with E-state index in [9.17, 15) is 4.79 Å². The third-order valence-corrected chi connectivity index (χ3v) is 8.39. The monoisotopic (exact) mass is 387 g/mol. The fraction of sp³-hybridized carbons (Fsp3) is 0.500. The standard InChI is InChI=1S/C26H29NO2/c1-15-21-8-7-20-5-3-4-6-22(20)24(21)29-23(15)25(28)27-16(2)26-12-17-9-18(13-26)11-19(10-17)14-26/h3-8,16-19H,9-14H2,1-2H3,(H,27,28)/t16-,17?,18?,19?,26?/m1/s1. The molecule has 1 aromatic heterocycles. The van der Waals surface area contributed by atoms with Crippen LogP contribution < -0.4 is 5.32 Å². The lowest BCUT2D eigenvalue weighted by Crippen LogP contribution is -2.55. The number of carbonyl (C=O) groups is 1. The molecule has 1 N–H and O–H groups in total. The molecule has 150 valence electrons. The van der Waals surface area contributed by atoms with Gasteiger partial charge in [-0.15, -0.1) is 0 Å². The molecule has 0 aliphatic heterocycles. The van der Waals surface area contributed by atoms with Gasteiger partial charge in [0.05, 0.1) is 0 Å². The van der Waals surface area contributed by atoms with E-state index in [1.54, 1.807) is 0 Å². The predicted molar refractivity (Wildman–Crippen MR) is 116 cm³/mol. The summed E-state index contributed by atoms with van der Waals surface area (Å²) in [6.45, 7) is 4.24. The Labute approximate surface area is 171 Å². The normalized spacial score (nSPS) is 31.4. The highest BCUT2D eigenvalue weighted by Crippen LogP contribution is 2.61. The Hall–Kier alpha value is -2.29. The van der Waals surface area contributed by atoms with E-state index in [1.165, 1.54) is 38.5 Å². The number of aryl methyl sites for hydroxylation is 1. The highest BCUT2D eigenvalue weighted by molar-refractivity contribution is 6.08. The van der Waals surface area contributed by atoms with Crippen LogP contribution in [0.3, 0.4) is 0 Å². The zero-order valence-corrected chi connectivity index (χ0v) is 17.3. The Bertz CT molecular complexity index is 1090. The average molecular weight is 388 g/mol. The van der Waals surface area contributed by atoms with Crippen LogP contribution in [0.4, 0.5) is 0 Å². The number of hydrogen-bond acceptors (Lipinski definition) is 2. The van der Waals surface area contributed by atoms with E-state index >= 15 is 0 Å². The molecular formula is C26H29NO2. The molecule has 0 radical (unpaired) electrons. The van der Waals surface area contributed by atoms with Crippen LogP contribution >= 0.6 is 0 Å². The van der Waals surface area contributed by atoms with Crippen LogP contribution in [0.25, 0.3) is 21.7 Å². The molecule has 3 nitrogen and oxygen atoms in total. The lowest BCUT2D eigenvalue weighted by atomic mass is 9.48. The van der Waals surface area contributed by atoms with Gasteiger partial charge in [0.25, 0.3) is 5.91 Å². The Morgan fingerprint density at radius 3 is 2.34 bits per heavy atom. The first kappa shape index (κ1) is 17.6. The highest BCUT2D eigenvalue weighted by atomic mass is 16.3. The number of fused-ring (bicyclic) bond motifs is 3. The highest BCUT2D eigenvalue weighted by Gasteiger charge is 2.53. The van der Waals surface area contributed by atoms with Crippen molar-refractivity contribution in [1.82, 2.24) is 5.32 Å². The van der Waals surface area contributed by atoms with Crippen LogP contribution in [0.5, 0.6) is 0 Å². The van der Waals surface area contributed by atoms with Crippen molar-refractivity contribution in [3.8, 4) is 0 Å². The van der Waals surface area contributed by atoms with Crippen LogP contribution in [-0.2, 0) is 0 Å². The van der Waals surface area contributed by atoms with Gasteiger partial charge in [-0.1, -0.05) is 36.4 Å². The average Bonchev–Trinajstić information content (AvgIpc) is 3.04. The molecule has 29 heavy (non-hydrogen) atoms. The number of nitrogens with one attached hydrogen (secondary N) is 1. The summed E-state index contributed by atoms with van der Waals surface area (Å²) < 4.78 is 6.18. The van der Waals surface area contributed by atoms with E-state index in [4.69, 9.17) is 4.42 Å². The summed E-state index contributed by atoms with van der Waals surface area (Å²) in [4.78, 5) is 13.3. The maximum atomic E-state index is 13.3. The lowest BCUT2D eigenvalue weighted by molar-refractivity contribution is -0.0688. The van der Waals surface area contributed by atoms with E-state index in [-0.39, 0.29) is 11.9 Å². The first-order valence-electron chi connectivity index (χ1n) is 11.2. The van der Waals surface area contributed by atoms with E-state index in [1.807, 2.05) is 19.1 Å². The predicted octanol–water partition coefficient (Wildman–Crippen LogP) is 6.23. The van der Waals surface area contributed by atoms with Gasteiger partial charge < -0.3 is 9.73 Å². The first-order valence-corrected chi connectivity index (χ1v) is 11.2. The Kier molecular flexibility index (Phi) is 3.70. The molecule has 4 bridgehead atoms. The Balaban J connectivity index is 1.32. The van der Waals surface area contributed by atoms with Crippen LogP contribution in [0, 0.1) is 30.1 Å². The quantitative estimate of drug-likeness (QED) is 0.579. The van der Waals surface area contributed by atoms with Crippen molar-refractivity contribution in [1.29, 1.82) is 0 Å². The van der Waals surface area contributed by atoms with Gasteiger partial charge in [0.15, 0.2) is 5.76 Å². The topological polar surface area (TPSA) is 42.2 Å². The van der Waals surface area contributed by atoms with Gasteiger partial charge in [-0.25, -0.2) is 0 Å². The second-order valence-electron chi connectivity index (χ2n) is 10.2. The fourth-order valence-electron chi connectivity index (χ4n) is 7.29. The molecular weight excluding hydrogens is 358 g/mol. The summed E-state index contributed by atoms with van der Waals surface area (Å²) in [5.41, 5.74) is 2.07. The molecule has 4 saturated carbocycles. The minimum Gasteiger partial charge on any atom is -0.450 e. The van der Waals surface area contributed by atoms with Gasteiger partial charge in [-0.3, -0.25) is 4.79 Å². The molecule has 3 aromatic rings. The number of benzene rings is 2. The summed E-state index contributed by atoms with van der Waals surface area (Å²) in [5, 5.41) is 6.62. The Morgan fingerprint density at radius 1 is 1.00 bits per heavy atom. The number of hydrogen-bond donors (Lipinski definition) is 1. The van der Waals surface area contributed by atoms with Crippen molar-refractivity contribution < 1.29 is 9.21 Å². The fourth-order valence-corrected chi connectivity index (χ4v) is 7.29. The minimum atomic E-state index is -0.0500. The van der Waals surface area contributed by atoms with Gasteiger partial charge in [-0.05, 0) is 80.9 Å². The zero-order valence-electron chi connectivity index (χ0n) is 17.3. The summed E-state index contributed by atoms with van der Waals surface area (Å²) in [7, 11) is 0. The Morgan fingerprint density at radius 2 is 1.66 bits per heavy atom. The van der Waals surface area contributed by atoms with Gasteiger partial charge >= 0.3 is 0 Å². The second kappa shape index (κ2) is 6.10. The maximum absolute atomic E-state index is 13.3. The number of amides is 1. The summed E-state index contributed by atoms with van der Waals surface area (Å²) >= 11 is 0. The summed E-state index contributed by atoms with van der Waals surface area (Å²) in [6.07, 6.45) is 8.17. The van der Waals surface area contributed by atoms with Crippen molar-refractivity contribution in [2.45, 2.75) is 58.4 Å². The summed E-state index contributed by atoms with van der Waals surface area (Å²) in [6, 6.07) is 12.6. The van der Waals surface area contributed by atoms with Gasteiger partial charge in [0.1, 0.15) is 5.58 Å². The zero-order chi connectivity index (χ0) is 19.8. The third-order valence-electron chi connectivity index (χ3n) is 8.39. The molecule has 0 spiro atoms. The van der Waals surface area contributed by atoms with Crippen LogP contribution in [0.1, 0.15) is 61.6 Å². The second-order valence-corrected chi connectivity index (χ2v) is 10.2. The van der Waals surface area contributed by atoms with Crippen molar-refractivity contribution in [2.75, 3.05) is 0 Å². The van der Waals surface area contributed by atoms with Crippen LogP contribution in [0.2, 0.25) is 0 Å². The molecule has 4 aliphatic rings. The van der Waals surface area contributed by atoms with E-state index in [0.29, 0.717) is 11.2 Å². The molecule has 0 unspecified atom stereocenters. The minimum absolute atomic E-state index is 0.0500. The van der Waals surface area contributed by atoms with Gasteiger partial charge in [0.2, 0.25) is 0 Å². The summed E-state index contributed by atoms with van der Waals surface area (Å²) in [5.74, 6) is 3.10. The first-order chi connectivity index (χ1) is 14.0. The molecule has 1 heterocycles. The SMILES string of the molecule is Cc1c(C(=O)N[C@H](C)C23CC4CC(CC(C4)C2)C3)oc2c1ccc1ccccc12. The lowest BCUT2D eigenvalue weighted by Gasteiger charge is -2.59. The molecule has 0 saturated heterocycles. The number of carbonyl (C=O) groups excluding carboxylic acids is 1. The van der Waals surface area contributed by atoms with E-state index < -0.39 is 0 Å². The van der Waals surface area contributed by atoms with Crippen molar-refractivity contribution in [3.63, 3.8) is 0 Å². The van der Waals surface area contributed by atoms with Crippen molar-refractivity contribution in [2.24, 2.45) is 23.2 Å². The number of furan rings is 1. The maximum Gasteiger partial charge on any atom is 0.287 e. The van der Waals surface area contributed by atoms with E-state index in [2.05, 4.69) is 36.5 Å². The third kappa shape index (κ3) is 2.59. The largest absolute Gasteiger partial charge is 0.450 e. The molecule has 1 amide bonds. The molecule has 3 heteroatoms. The molecule has 7 rings (SSSR count). The van der Waals surface area contributed by atoms with Crippen molar-refractivity contribution >= 4 is 27.6 Å². The van der Waals surface area contributed by atoms with E-state index in [0.717, 1.165) is 45.1 Å². The number of rotatable bonds is 3. The van der Waals surface area contributed by atoms with Gasteiger partial charge in [-0.2, -0.15) is 0 Å². The molecule has 2 aromatic carbocycles. The smallest absolute Gasteiger partial charge is 0.287 e. The molecule has 4 aliphatic carbocycles. The van der Waals surface area contributed by atoms with Crippen molar-refractivity contribution in [3.05, 3.63) is 47.7 Å². The van der Waals surface area contributed by atoms with Crippen LogP contribution in [0.15, 0.2) is 40.8 Å². The molecule has 4 fully saturated rings. The van der Waals surface area contributed by atoms with Gasteiger partial charge in [0, 0.05) is 22.4 Å². The molecule has 1 atom stereocenters.